The molecule has 6 bridgehead atoms. The van der Waals surface area contributed by atoms with E-state index in [1.165, 1.54) is 7.11 Å². The standard InChI is InChI=1S/C24H32ClIO8/c1-4-9-29-24-12-23(8-7-14(25)10-13(2)26)32-19-18-16(6-5-15(30-18)11-17(27)28-3)31-21(20(19)33-24)22(24)34-23/h4,14-16,18-22H,1-2,5-12H2,3H3/t14-,15-,16+,18+,19+,20+,21-,22?,23-,24+/m1/s1. The smallest absolute Gasteiger partial charge is 0.308 e. The minimum atomic E-state index is -0.966. The van der Waals surface area contributed by atoms with Crippen molar-refractivity contribution >= 4 is 40.2 Å². The number of fused-ring (bicyclic) bond motifs is 1. The van der Waals surface area contributed by atoms with Crippen LogP contribution in [0.1, 0.15) is 44.9 Å². The average molecular weight is 611 g/mol. The molecule has 10 atom stereocenters. The molecular weight excluding hydrogens is 579 g/mol. The van der Waals surface area contributed by atoms with E-state index in [0.717, 1.165) is 16.4 Å². The molecule has 6 aliphatic heterocycles. The summed E-state index contributed by atoms with van der Waals surface area (Å²) in [5, 5.41) is -0.0759. The number of hydrogen-bond donors (Lipinski definition) is 0. The van der Waals surface area contributed by atoms with Crippen LogP contribution in [0, 0.1) is 0 Å². The topological polar surface area (TPSA) is 81.7 Å². The fourth-order valence-electron chi connectivity index (χ4n) is 6.02. The number of hydrogen-bond acceptors (Lipinski definition) is 8. The number of esters is 1. The average Bonchev–Trinajstić information content (AvgIpc) is 3.16. The lowest BCUT2D eigenvalue weighted by Gasteiger charge is -2.47. The van der Waals surface area contributed by atoms with Crippen molar-refractivity contribution < 1.29 is 38.0 Å². The summed E-state index contributed by atoms with van der Waals surface area (Å²) in [4.78, 5) is 11.9. The number of rotatable bonds is 10. The van der Waals surface area contributed by atoms with Crippen LogP contribution in [-0.4, -0.2) is 79.4 Å². The highest BCUT2D eigenvalue weighted by atomic mass is 127. The molecule has 0 aromatic heterocycles. The van der Waals surface area contributed by atoms with Crippen LogP contribution in [0.4, 0.5) is 0 Å². The maximum absolute atomic E-state index is 11.9. The Balaban J connectivity index is 1.40. The van der Waals surface area contributed by atoms with E-state index in [0.29, 0.717) is 32.3 Å². The first-order chi connectivity index (χ1) is 16.3. The Morgan fingerprint density at radius 1 is 1.21 bits per heavy atom. The van der Waals surface area contributed by atoms with Crippen molar-refractivity contribution in [1.29, 1.82) is 0 Å². The molecule has 0 saturated carbocycles. The zero-order chi connectivity index (χ0) is 24.1. The van der Waals surface area contributed by atoms with Crippen molar-refractivity contribution in [3.8, 4) is 0 Å². The zero-order valence-corrected chi connectivity index (χ0v) is 22.2. The van der Waals surface area contributed by atoms with Gasteiger partial charge in [0.1, 0.15) is 30.5 Å². The van der Waals surface area contributed by atoms with Gasteiger partial charge in [0.15, 0.2) is 5.79 Å². The van der Waals surface area contributed by atoms with Gasteiger partial charge in [-0.05, 0) is 51.9 Å². The molecule has 6 heterocycles. The molecule has 0 spiro atoms. The first-order valence-corrected chi connectivity index (χ1v) is 13.4. The number of carbonyl (C=O) groups excluding carboxylic acids is 1. The third-order valence-corrected chi connectivity index (χ3v) is 8.23. The fraction of sp³-hybridized carbons (Fsp3) is 0.792. The minimum Gasteiger partial charge on any atom is -0.469 e. The molecule has 190 valence electrons. The van der Waals surface area contributed by atoms with Gasteiger partial charge in [0, 0.05) is 11.8 Å². The normalized spacial score (nSPS) is 44.9. The molecular formula is C24H32ClIO8. The number of carbonyl (C=O) groups is 1. The van der Waals surface area contributed by atoms with E-state index in [1.807, 2.05) is 0 Å². The van der Waals surface area contributed by atoms with E-state index < -0.39 is 29.9 Å². The van der Waals surface area contributed by atoms with E-state index >= 15 is 0 Å². The number of allylic oxidation sites excluding steroid dienone is 1. The van der Waals surface area contributed by atoms with Crippen LogP contribution in [0.25, 0.3) is 0 Å². The summed E-state index contributed by atoms with van der Waals surface area (Å²) in [6, 6.07) is 0. The van der Waals surface area contributed by atoms with Crippen LogP contribution in [0.15, 0.2) is 22.8 Å². The van der Waals surface area contributed by atoms with Crippen LogP contribution < -0.4 is 0 Å². The molecule has 34 heavy (non-hydrogen) atoms. The molecule has 6 fully saturated rings. The summed E-state index contributed by atoms with van der Waals surface area (Å²) < 4.78 is 44.9. The first kappa shape index (κ1) is 25.4. The molecule has 8 nitrogen and oxygen atoms in total. The lowest BCUT2D eigenvalue weighted by molar-refractivity contribution is -0.304. The highest BCUT2D eigenvalue weighted by Crippen LogP contribution is 2.59. The maximum Gasteiger partial charge on any atom is 0.308 e. The van der Waals surface area contributed by atoms with Gasteiger partial charge in [0.2, 0.25) is 5.79 Å². The molecule has 6 rings (SSSR count). The Kier molecular flexibility index (Phi) is 7.38. The van der Waals surface area contributed by atoms with Gasteiger partial charge in [-0.25, -0.2) is 0 Å². The number of methoxy groups -OCH3 is 1. The monoisotopic (exact) mass is 610 g/mol. The Labute approximate surface area is 218 Å². The Morgan fingerprint density at radius 3 is 2.74 bits per heavy atom. The quantitative estimate of drug-likeness (QED) is 0.160. The largest absolute Gasteiger partial charge is 0.469 e. The summed E-state index contributed by atoms with van der Waals surface area (Å²) >= 11 is 8.79. The van der Waals surface area contributed by atoms with E-state index in [9.17, 15) is 4.79 Å². The van der Waals surface area contributed by atoms with Crippen LogP contribution in [0.2, 0.25) is 0 Å². The van der Waals surface area contributed by atoms with E-state index in [1.54, 1.807) is 6.08 Å². The zero-order valence-electron chi connectivity index (χ0n) is 19.3. The van der Waals surface area contributed by atoms with E-state index in [4.69, 9.17) is 44.8 Å². The van der Waals surface area contributed by atoms with Crippen LogP contribution in [0.5, 0.6) is 0 Å². The van der Waals surface area contributed by atoms with Crippen molar-refractivity contribution in [2.45, 2.75) is 105 Å². The lowest BCUT2D eigenvalue weighted by atomic mass is 9.86. The summed E-state index contributed by atoms with van der Waals surface area (Å²) in [7, 11) is 1.39. The molecule has 0 amide bonds. The molecule has 1 unspecified atom stereocenters. The molecule has 0 aliphatic carbocycles. The highest BCUT2D eigenvalue weighted by molar-refractivity contribution is 14.1. The molecule has 10 heteroatoms. The molecule has 0 aromatic carbocycles. The van der Waals surface area contributed by atoms with Gasteiger partial charge in [-0.3, -0.25) is 4.79 Å². The van der Waals surface area contributed by atoms with Gasteiger partial charge in [-0.15, -0.1) is 18.2 Å². The third-order valence-electron chi connectivity index (χ3n) is 7.42. The highest BCUT2D eigenvalue weighted by Gasteiger charge is 2.75. The second kappa shape index (κ2) is 9.89. The van der Waals surface area contributed by atoms with Crippen molar-refractivity contribution in [1.82, 2.24) is 0 Å². The Morgan fingerprint density at radius 2 is 2.00 bits per heavy atom. The SMILES string of the molecule is C=CCO[C@]12C[C@@]3(CC[C@@H](Cl)CC(=C)I)OC1[C@@H]1O[C@H]4CC[C@H](CC(=O)OC)O[C@@H]4[C@H](O3)[C@@H]1O2. The second-order valence-electron chi connectivity index (χ2n) is 9.78. The van der Waals surface area contributed by atoms with Crippen LogP contribution in [0.3, 0.4) is 0 Å². The van der Waals surface area contributed by atoms with Gasteiger partial charge >= 0.3 is 5.97 Å². The van der Waals surface area contributed by atoms with Gasteiger partial charge in [0.05, 0.1) is 38.8 Å². The predicted molar refractivity (Wildman–Crippen MR) is 131 cm³/mol. The summed E-state index contributed by atoms with van der Waals surface area (Å²) in [5.74, 6) is -2.18. The Hall–Kier alpha value is -0.270. The molecule has 0 radical (unpaired) electrons. The van der Waals surface area contributed by atoms with Gasteiger partial charge in [-0.2, -0.15) is 0 Å². The lowest BCUT2D eigenvalue weighted by Crippen LogP contribution is -2.61. The minimum absolute atomic E-state index is 0.0759. The van der Waals surface area contributed by atoms with Gasteiger partial charge < -0.3 is 33.2 Å². The Bertz CT molecular complexity index is 827. The van der Waals surface area contributed by atoms with Crippen LogP contribution in [-0.2, 0) is 38.0 Å². The molecule has 0 N–H and O–H groups in total. The second-order valence-corrected chi connectivity index (χ2v) is 11.9. The number of halogens is 2. The van der Waals surface area contributed by atoms with Crippen molar-refractivity contribution in [3.05, 3.63) is 22.8 Å². The molecule has 0 aromatic rings. The maximum atomic E-state index is 11.9. The van der Waals surface area contributed by atoms with Crippen molar-refractivity contribution in [2.24, 2.45) is 0 Å². The summed E-state index contributed by atoms with van der Waals surface area (Å²) in [6.07, 6.45) is 3.48. The van der Waals surface area contributed by atoms with Crippen molar-refractivity contribution in [2.75, 3.05) is 13.7 Å². The third kappa shape index (κ3) is 4.60. The van der Waals surface area contributed by atoms with Gasteiger partial charge in [0.25, 0.3) is 0 Å². The van der Waals surface area contributed by atoms with Crippen molar-refractivity contribution in [3.63, 3.8) is 0 Å². The summed E-state index contributed by atoms with van der Waals surface area (Å²) in [6.45, 7) is 8.08. The van der Waals surface area contributed by atoms with E-state index in [2.05, 4.69) is 35.7 Å². The van der Waals surface area contributed by atoms with E-state index in [-0.39, 0.29) is 42.2 Å². The first-order valence-electron chi connectivity index (χ1n) is 11.9. The predicted octanol–water partition coefficient (Wildman–Crippen LogP) is 3.77. The molecule has 6 saturated heterocycles. The fourth-order valence-corrected chi connectivity index (χ4v) is 7.10. The van der Waals surface area contributed by atoms with Gasteiger partial charge in [-0.1, -0.05) is 12.7 Å². The molecule has 6 aliphatic rings. The van der Waals surface area contributed by atoms with Crippen LogP contribution >= 0.6 is 34.2 Å². The number of alkyl halides is 1. The summed E-state index contributed by atoms with van der Waals surface area (Å²) in [5.41, 5.74) is 0. The number of ether oxygens (including phenoxy) is 7.